The number of carbonyl (C=O) groups is 2. The van der Waals surface area contributed by atoms with Gasteiger partial charge in [0.05, 0.1) is 19.1 Å². The third kappa shape index (κ3) is 4.28. The lowest BCUT2D eigenvalue weighted by atomic mass is 10.3. The predicted octanol–water partition coefficient (Wildman–Crippen LogP) is 3.62. The standard InChI is InChI=1S/C20H16FN5O3S/c1-12(27)23-8-15-6-7-18(29-15)16-10-30-20(24-16)25-19(28)17-9-22-11-26(17)14-4-2-13(21)3-5-14/h2-7,9-11H,8H2,1H3,(H,23,27)(H,24,25,28). The molecule has 0 atom stereocenters. The highest BCUT2D eigenvalue weighted by Gasteiger charge is 2.16. The van der Waals surface area contributed by atoms with Crippen molar-refractivity contribution < 1.29 is 18.4 Å². The summed E-state index contributed by atoms with van der Waals surface area (Å²) in [7, 11) is 0. The van der Waals surface area contributed by atoms with Gasteiger partial charge in [0.2, 0.25) is 5.91 Å². The smallest absolute Gasteiger partial charge is 0.276 e. The summed E-state index contributed by atoms with van der Waals surface area (Å²) < 4.78 is 20.4. The number of benzene rings is 1. The molecule has 0 spiro atoms. The fraction of sp³-hybridized carbons (Fsp3) is 0.100. The molecule has 0 aliphatic heterocycles. The normalized spacial score (nSPS) is 10.7. The molecule has 2 amide bonds. The molecule has 3 aromatic heterocycles. The van der Waals surface area contributed by atoms with E-state index in [4.69, 9.17) is 4.42 Å². The van der Waals surface area contributed by atoms with Crippen LogP contribution in [0, 0.1) is 5.82 Å². The number of thiazole rings is 1. The second-order valence-electron chi connectivity index (χ2n) is 6.29. The number of amides is 2. The Hall–Kier alpha value is -3.79. The number of carbonyl (C=O) groups excluding carboxylic acids is 2. The van der Waals surface area contributed by atoms with Gasteiger partial charge in [0, 0.05) is 18.0 Å². The summed E-state index contributed by atoms with van der Waals surface area (Å²) in [6.07, 6.45) is 2.91. The number of nitrogens with zero attached hydrogens (tertiary/aromatic N) is 3. The number of hydrogen-bond donors (Lipinski definition) is 2. The first kappa shape index (κ1) is 19.5. The maximum absolute atomic E-state index is 13.2. The number of rotatable bonds is 6. The second-order valence-corrected chi connectivity index (χ2v) is 7.15. The van der Waals surface area contributed by atoms with Crippen LogP contribution in [0.5, 0.6) is 0 Å². The highest BCUT2D eigenvalue weighted by molar-refractivity contribution is 7.14. The van der Waals surface area contributed by atoms with Crippen LogP contribution in [0.25, 0.3) is 17.1 Å². The van der Waals surface area contributed by atoms with Gasteiger partial charge in [0.15, 0.2) is 10.9 Å². The van der Waals surface area contributed by atoms with Crippen molar-refractivity contribution in [3.8, 4) is 17.1 Å². The Balaban J connectivity index is 1.47. The molecule has 0 saturated carbocycles. The van der Waals surface area contributed by atoms with Gasteiger partial charge in [-0.3, -0.25) is 19.5 Å². The van der Waals surface area contributed by atoms with Gasteiger partial charge in [-0.15, -0.1) is 11.3 Å². The average Bonchev–Trinajstić information content (AvgIpc) is 3.47. The van der Waals surface area contributed by atoms with Gasteiger partial charge in [0.1, 0.15) is 23.0 Å². The lowest BCUT2D eigenvalue weighted by Crippen LogP contribution is -2.18. The fourth-order valence-corrected chi connectivity index (χ4v) is 3.39. The Morgan fingerprint density at radius 2 is 2.00 bits per heavy atom. The van der Waals surface area contributed by atoms with Crippen molar-refractivity contribution in [1.29, 1.82) is 0 Å². The number of furan rings is 1. The van der Waals surface area contributed by atoms with Crippen LogP contribution >= 0.6 is 11.3 Å². The lowest BCUT2D eigenvalue weighted by molar-refractivity contribution is -0.119. The quantitative estimate of drug-likeness (QED) is 0.491. The minimum absolute atomic E-state index is 0.147. The van der Waals surface area contributed by atoms with Gasteiger partial charge >= 0.3 is 0 Å². The zero-order valence-electron chi connectivity index (χ0n) is 15.8. The van der Waals surface area contributed by atoms with Gasteiger partial charge in [-0.05, 0) is 36.4 Å². The Labute approximate surface area is 174 Å². The summed E-state index contributed by atoms with van der Waals surface area (Å²) in [4.78, 5) is 32.1. The van der Waals surface area contributed by atoms with E-state index in [1.54, 1.807) is 34.2 Å². The summed E-state index contributed by atoms with van der Waals surface area (Å²) in [5.74, 6) is 0.221. The zero-order chi connectivity index (χ0) is 21.1. The summed E-state index contributed by atoms with van der Waals surface area (Å²) in [5, 5.41) is 7.54. The monoisotopic (exact) mass is 425 g/mol. The SMILES string of the molecule is CC(=O)NCc1ccc(-c2csc(NC(=O)c3cncn3-c3ccc(F)cc3)n2)o1. The fourth-order valence-electron chi connectivity index (χ4n) is 2.70. The molecular weight excluding hydrogens is 409 g/mol. The molecule has 0 radical (unpaired) electrons. The summed E-state index contributed by atoms with van der Waals surface area (Å²) >= 11 is 1.25. The summed E-state index contributed by atoms with van der Waals surface area (Å²) in [6, 6.07) is 9.25. The van der Waals surface area contributed by atoms with Crippen LogP contribution in [-0.2, 0) is 11.3 Å². The molecule has 30 heavy (non-hydrogen) atoms. The van der Waals surface area contributed by atoms with E-state index < -0.39 is 5.91 Å². The number of halogens is 1. The van der Waals surface area contributed by atoms with E-state index in [0.29, 0.717) is 28.0 Å². The number of hydrogen-bond acceptors (Lipinski definition) is 6. The molecular formula is C20H16FN5O3S. The molecule has 4 rings (SSSR count). The number of nitrogens with one attached hydrogen (secondary N) is 2. The molecule has 0 bridgehead atoms. The van der Waals surface area contributed by atoms with Crippen LogP contribution < -0.4 is 10.6 Å². The first-order valence-electron chi connectivity index (χ1n) is 8.88. The Morgan fingerprint density at radius 3 is 2.77 bits per heavy atom. The van der Waals surface area contributed by atoms with Crippen LogP contribution in [0.15, 0.2) is 58.7 Å². The molecule has 0 fully saturated rings. The van der Waals surface area contributed by atoms with E-state index >= 15 is 0 Å². The van der Waals surface area contributed by atoms with E-state index in [1.165, 1.54) is 42.9 Å². The Morgan fingerprint density at radius 1 is 1.20 bits per heavy atom. The molecule has 4 aromatic rings. The third-order valence-corrected chi connectivity index (χ3v) is 4.88. The topological polar surface area (TPSA) is 102 Å². The second kappa shape index (κ2) is 8.29. The molecule has 0 aliphatic carbocycles. The largest absolute Gasteiger partial charge is 0.458 e. The highest BCUT2D eigenvalue weighted by atomic mass is 32.1. The summed E-state index contributed by atoms with van der Waals surface area (Å²) in [6.45, 7) is 1.72. The van der Waals surface area contributed by atoms with Crippen molar-refractivity contribution in [1.82, 2.24) is 19.9 Å². The molecule has 0 unspecified atom stereocenters. The van der Waals surface area contributed by atoms with Crippen LogP contribution in [0.2, 0.25) is 0 Å². The minimum atomic E-state index is -0.400. The van der Waals surface area contributed by atoms with Crippen molar-refractivity contribution in [3.05, 3.63) is 71.6 Å². The number of anilines is 1. The van der Waals surface area contributed by atoms with E-state index in [2.05, 4.69) is 20.6 Å². The van der Waals surface area contributed by atoms with Crippen molar-refractivity contribution in [2.24, 2.45) is 0 Å². The summed E-state index contributed by atoms with van der Waals surface area (Å²) in [5.41, 5.74) is 1.46. The van der Waals surface area contributed by atoms with Crippen LogP contribution in [0.3, 0.4) is 0 Å². The number of imidazole rings is 1. The first-order valence-corrected chi connectivity index (χ1v) is 9.76. The van der Waals surface area contributed by atoms with Crippen molar-refractivity contribution in [2.75, 3.05) is 5.32 Å². The van der Waals surface area contributed by atoms with E-state index in [1.807, 2.05) is 0 Å². The van der Waals surface area contributed by atoms with Crippen LogP contribution in [-0.4, -0.2) is 26.3 Å². The van der Waals surface area contributed by atoms with Gasteiger partial charge in [-0.1, -0.05) is 0 Å². The Kier molecular flexibility index (Phi) is 5.40. The molecule has 152 valence electrons. The van der Waals surface area contributed by atoms with Crippen molar-refractivity contribution >= 4 is 28.3 Å². The van der Waals surface area contributed by atoms with Gasteiger partial charge in [0.25, 0.3) is 5.91 Å². The predicted molar refractivity (Wildman–Crippen MR) is 109 cm³/mol. The van der Waals surface area contributed by atoms with Crippen molar-refractivity contribution in [2.45, 2.75) is 13.5 Å². The van der Waals surface area contributed by atoms with Crippen molar-refractivity contribution in [3.63, 3.8) is 0 Å². The maximum atomic E-state index is 13.2. The molecule has 0 aliphatic rings. The average molecular weight is 425 g/mol. The van der Waals surface area contributed by atoms with E-state index in [-0.39, 0.29) is 24.0 Å². The molecule has 2 N–H and O–H groups in total. The molecule has 8 nitrogen and oxygen atoms in total. The molecule has 10 heteroatoms. The van der Waals surface area contributed by atoms with E-state index in [9.17, 15) is 14.0 Å². The third-order valence-electron chi connectivity index (χ3n) is 4.13. The van der Waals surface area contributed by atoms with E-state index in [0.717, 1.165) is 0 Å². The number of aromatic nitrogens is 3. The first-order chi connectivity index (χ1) is 14.5. The Bertz CT molecular complexity index is 1200. The van der Waals surface area contributed by atoms with Gasteiger partial charge in [-0.2, -0.15) is 0 Å². The van der Waals surface area contributed by atoms with Gasteiger partial charge < -0.3 is 9.73 Å². The van der Waals surface area contributed by atoms with Gasteiger partial charge in [-0.25, -0.2) is 14.4 Å². The molecule has 1 aromatic carbocycles. The highest BCUT2D eigenvalue weighted by Crippen LogP contribution is 2.27. The lowest BCUT2D eigenvalue weighted by Gasteiger charge is -2.07. The zero-order valence-corrected chi connectivity index (χ0v) is 16.6. The maximum Gasteiger partial charge on any atom is 0.276 e. The minimum Gasteiger partial charge on any atom is -0.458 e. The van der Waals surface area contributed by atoms with Crippen LogP contribution in [0.4, 0.5) is 9.52 Å². The molecule has 3 heterocycles. The molecule has 0 saturated heterocycles. The van der Waals surface area contributed by atoms with Crippen LogP contribution in [0.1, 0.15) is 23.2 Å².